The standard InChI is InChI=1S/C19H16ClNO4.ClH/c20-11-12-5-6-17-14(9-12)10-15(19(23)25-17)18(22)24-16-4-2-1-3-13(16)7-8-21;/h1-6,9-10H,7-8,11,21H2;1H. The molecule has 0 aliphatic rings. The van der Waals surface area contributed by atoms with Crippen molar-refractivity contribution in [2.75, 3.05) is 6.54 Å². The number of rotatable bonds is 5. The summed E-state index contributed by atoms with van der Waals surface area (Å²) in [4.78, 5) is 24.6. The lowest BCUT2D eigenvalue weighted by Gasteiger charge is -2.09. The molecule has 5 nitrogen and oxygen atoms in total. The van der Waals surface area contributed by atoms with Gasteiger partial charge in [0.25, 0.3) is 0 Å². The van der Waals surface area contributed by atoms with Crippen molar-refractivity contribution in [1.29, 1.82) is 0 Å². The Labute approximate surface area is 161 Å². The van der Waals surface area contributed by atoms with Gasteiger partial charge in [0.1, 0.15) is 16.9 Å². The smallest absolute Gasteiger partial charge is 0.351 e. The van der Waals surface area contributed by atoms with Crippen LogP contribution in [0.5, 0.6) is 5.75 Å². The molecule has 0 atom stereocenters. The Morgan fingerprint density at radius 2 is 1.92 bits per heavy atom. The van der Waals surface area contributed by atoms with E-state index in [2.05, 4.69) is 0 Å². The van der Waals surface area contributed by atoms with E-state index in [1.165, 1.54) is 6.07 Å². The predicted molar refractivity (Wildman–Crippen MR) is 103 cm³/mol. The number of hydrogen-bond acceptors (Lipinski definition) is 5. The Kier molecular flexibility index (Phi) is 6.80. The maximum atomic E-state index is 12.5. The monoisotopic (exact) mass is 393 g/mol. The van der Waals surface area contributed by atoms with Crippen LogP contribution in [0, 0.1) is 0 Å². The van der Waals surface area contributed by atoms with Gasteiger partial charge in [0.15, 0.2) is 0 Å². The zero-order valence-electron chi connectivity index (χ0n) is 13.7. The molecule has 3 aromatic rings. The minimum Gasteiger partial charge on any atom is -0.422 e. The van der Waals surface area contributed by atoms with Crippen LogP contribution < -0.4 is 16.1 Å². The average Bonchev–Trinajstić information content (AvgIpc) is 2.62. The van der Waals surface area contributed by atoms with Gasteiger partial charge >= 0.3 is 11.6 Å². The van der Waals surface area contributed by atoms with E-state index in [9.17, 15) is 9.59 Å². The lowest BCUT2D eigenvalue weighted by molar-refractivity contribution is 0.0729. The first-order valence-electron chi connectivity index (χ1n) is 7.75. The first-order chi connectivity index (χ1) is 12.1. The molecule has 7 heteroatoms. The molecular weight excluding hydrogens is 377 g/mol. The number of halogens is 2. The molecular formula is C19H17Cl2NO4. The van der Waals surface area contributed by atoms with Gasteiger partial charge in [-0.2, -0.15) is 0 Å². The Balaban J connectivity index is 0.00000243. The molecule has 0 aliphatic carbocycles. The molecule has 0 saturated heterocycles. The molecule has 1 heterocycles. The molecule has 0 bridgehead atoms. The summed E-state index contributed by atoms with van der Waals surface area (Å²) in [6, 6.07) is 13.7. The first kappa shape index (κ1) is 20.0. The highest BCUT2D eigenvalue weighted by atomic mass is 35.5. The first-order valence-corrected chi connectivity index (χ1v) is 8.28. The highest BCUT2D eigenvalue weighted by Crippen LogP contribution is 2.21. The average molecular weight is 394 g/mol. The highest BCUT2D eigenvalue weighted by molar-refractivity contribution is 6.17. The number of ether oxygens (including phenoxy) is 1. The second-order valence-electron chi connectivity index (χ2n) is 5.49. The largest absolute Gasteiger partial charge is 0.422 e. The maximum absolute atomic E-state index is 12.5. The number of carbonyl (C=O) groups is 1. The van der Waals surface area contributed by atoms with Crippen LogP contribution in [0.15, 0.2) is 57.7 Å². The van der Waals surface area contributed by atoms with E-state index in [1.54, 1.807) is 30.3 Å². The van der Waals surface area contributed by atoms with Crippen LogP contribution in [0.3, 0.4) is 0 Å². The molecule has 2 aromatic carbocycles. The molecule has 0 fully saturated rings. The van der Waals surface area contributed by atoms with Crippen LogP contribution in [0.2, 0.25) is 0 Å². The summed E-state index contributed by atoms with van der Waals surface area (Å²) in [6.07, 6.45) is 0.564. The lowest BCUT2D eigenvalue weighted by Crippen LogP contribution is -2.19. The Morgan fingerprint density at radius 3 is 2.65 bits per heavy atom. The minimum atomic E-state index is -0.767. The number of benzene rings is 2. The molecule has 0 radical (unpaired) electrons. The van der Waals surface area contributed by atoms with Crippen LogP contribution in [0.4, 0.5) is 0 Å². The molecule has 0 amide bonds. The zero-order chi connectivity index (χ0) is 17.8. The van der Waals surface area contributed by atoms with E-state index < -0.39 is 11.6 Å². The van der Waals surface area contributed by atoms with Crippen LogP contribution in [0.1, 0.15) is 21.5 Å². The number of esters is 1. The van der Waals surface area contributed by atoms with Crippen LogP contribution in [-0.4, -0.2) is 12.5 Å². The minimum absolute atomic E-state index is 0. The molecule has 0 unspecified atom stereocenters. The molecule has 0 aliphatic heterocycles. The van der Waals surface area contributed by atoms with E-state index in [1.807, 2.05) is 12.1 Å². The molecule has 0 saturated carbocycles. The third kappa shape index (κ3) is 4.25. The summed E-state index contributed by atoms with van der Waals surface area (Å²) in [5, 5.41) is 0.611. The number of nitrogens with two attached hydrogens (primary N) is 1. The molecule has 2 N–H and O–H groups in total. The quantitative estimate of drug-likeness (QED) is 0.309. The molecule has 3 rings (SSSR count). The van der Waals surface area contributed by atoms with Crippen molar-refractivity contribution in [2.45, 2.75) is 12.3 Å². The van der Waals surface area contributed by atoms with Crippen molar-refractivity contribution in [3.8, 4) is 5.75 Å². The van der Waals surface area contributed by atoms with Crippen LogP contribution >= 0.6 is 24.0 Å². The van der Waals surface area contributed by atoms with Crippen LogP contribution in [-0.2, 0) is 12.3 Å². The van der Waals surface area contributed by atoms with E-state index >= 15 is 0 Å². The third-order valence-corrected chi connectivity index (χ3v) is 4.07. The number of fused-ring (bicyclic) bond motifs is 1. The van der Waals surface area contributed by atoms with Gasteiger partial charge in [-0.3, -0.25) is 0 Å². The van der Waals surface area contributed by atoms with Crippen molar-refractivity contribution < 1.29 is 13.9 Å². The van der Waals surface area contributed by atoms with Gasteiger partial charge < -0.3 is 14.9 Å². The maximum Gasteiger partial charge on any atom is 0.351 e. The fourth-order valence-electron chi connectivity index (χ4n) is 2.52. The zero-order valence-corrected chi connectivity index (χ0v) is 15.3. The van der Waals surface area contributed by atoms with Gasteiger partial charge in [0, 0.05) is 11.3 Å². The second kappa shape index (κ2) is 8.85. The normalized spacial score (nSPS) is 10.4. The Hall–Kier alpha value is -2.34. The number of alkyl halides is 1. The van der Waals surface area contributed by atoms with Gasteiger partial charge in [-0.25, -0.2) is 9.59 Å². The molecule has 1 aromatic heterocycles. The van der Waals surface area contributed by atoms with Gasteiger partial charge in [0.2, 0.25) is 0 Å². The Morgan fingerprint density at radius 1 is 1.15 bits per heavy atom. The molecule has 0 spiro atoms. The summed E-state index contributed by atoms with van der Waals surface area (Å²) < 4.78 is 10.6. The summed E-state index contributed by atoms with van der Waals surface area (Å²) in [7, 11) is 0. The van der Waals surface area contributed by atoms with Gasteiger partial charge in [-0.1, -0.05) is 24.3 Å². The second-order valence-corrected chi connectivity index (χ2v) is 5.76. The van der Waals surface area contributed by atoms with Gasteiger partial charge in [-0.15, -0.1) is 24.0 Å². The lowest BCUT2D eigenvalue weighted by atomic mass is 10.1. The summed E-state index contributed by atoms with van der Waals surface area (Å²) in [6.45, 7) is 0.424. The Bertz CT molecular complexity index is 985. The van der Waals surface area contributed by atoms with Gasteiger partial charge in [0.05, 0.1) is 0 Å². The van der Waals surface area contributed by atoms with Crippen molar-refractivity contribution in [3.05, 3.63) is 75.6 Å². The van der Waals surface area contributed by atoms with E-state index in [4.69, 9.17) is 26.5 Å². The van der Waals surface area contributed by atoms with Crippen LogP contribution in [0.25, 0.3) is 11.0 Å². The SMILES string of the molecule is Cl.NCCc1ccccc1OC(=O)c1cc2cc(CCl)ccc2oc1=O. The van der Waals surface area contributed by atoms with Crippen molar-refractivity contribution in [3.63, 3.8) is 0 Å². The summed E-state index contributed by atoms with van der Waals surface area (Å²) in [5.74, 6) is -0.0650. The third-order valence-electron chi connectivity index (χ3n) is 3.76. The topological polar surface area (TPSA) is 82.5 Å². The molecule has 26 heavy (non-hydrogen) atoms. The summed E-state index contributed by atoms with van der Waals surface area (Å²) >= 11 is 5.82. The van der Waals surface area contributed by atoms with Crippen molar-refractivity contribution in [2.24, 2.45) is 5.73 Å². The van der Waals surface area contributed by atoms with Crippen molar-refractivity contribution in [1.82, 2.24) is 0 Å². The number of para-hydroxylation sites is 1. The fourth-order valence-corrected chi connectivity index (χ4v) is 2.68. The number of carbonyl (C=O) groups excluding carboxylic acids is 1. The highest BCUT2D eigenvalue weighted by Gasteiger charge is 2.17. The summed E-state index contributed by atoms with van der Waals surface area (Å²) in [5.41, 5.74) is 6.70. The number of hydrogen-bond donors (Lipinski definition) is 1. The van der Waals surface area contributed by atoms with Crippen molar-refractivity contribution >= 4 is 40.9 Å². The van der Waals surface area contributed by atoms with E-state index in [0.29, 0.717) is 35.6 Å². The van der Waals surface area contributed by atoms with E-state index in [0.717, 1.165) is 11.1 Å². The predicted octanol–water partition coefficient (Wildman–Crippen LogP) is 3.67. The molecule has 136 valence electrons. The fraction of sp³-hybridized carbons (Fsp3) is 0.158. The van der Waals surface area contributed by atoms with Gasteiger partial charge in [-0.05, 0) is 48.4 Å². The van der Waals surface area contributed by atoms with E-state index in [-0.39, 0.29) is 18.0 Å².